The number of hydrogen-bond donors (Lipinski definition) is 1. The second-order valence-electron chi connectivity index (χ2n) is 8.23. The number of carbonyl (C=O) groups excluding carboxylic acids is 3. The average molecular weight is 488 g/mol. The smallest absolute Gasteiger partial charge is 0.325 e. The number of rotatable bonds is 11. The zero-order valence-corrected chi connectivity index (χ0v) is 20.6. The summed E-state index contributed by atoms with van der Waals surface area (Å²) in [6, 6.07) is 13.4. The van der Waals surface area contributed by atoms with Gasteiger partial charge in [-0.1, -0.05) is 30.3 Å². The number of esters is 1. The van der Waals surface area contributed by atoms with Gasteiger partial charge in [0.2, 0.25) is 5.91 Å². The first-order valence-electron chi connectivity index (χ1n) is 11.6. The fourth-order valence-electron chi connectivity index (χ4n) is 3.78. The molecule has 2 aromatic rings. The van der Waals surface area contributed by atoms with Crippen LogP contribution in [0.25, 0.3) is 0 Å². The Labute approximate surface area is 204 Å². The monoisotopic (exact) mass is 487 g/mol. The molecule has 184 valence electrons. The molecule has 0 saturated carbocycles. The van der Waals surface area contributed by atoms with Crippen LogP contribution in [0.4, 0.5) is 4.79 Å². The standard InChI is InChI=1S/C25H33N3O5S/c1-3-32-24(30)14-26-25(31)28(16-21-10-7-13-33-21)18-23(29)27(15-20-8-5-4-6-9-20)17-22-12-11-19(2)34-22/h4-6,8-9,11-12,21H,3,7,10,13-18H2,1-2H3,(H,26,31). The molecule has 0 radical (unpaired) electrons. The molecule has 1 saturated heterocycles. The summed E-state index contributed by atoms with van der Waals surface area (Å²) in [5.74, 6) is -0.683. The van der Waals surface area contributed by atoms with E-state index in [0.717, 1.165) is 23.3 Å². The molecule has 0 aliphatic carbocycles. The first-order chi connectivity index (χ1) is 16.4. The zero-order valence-electron chi connectivity index (χ0n) is 19.8. The predicted octanol–water partition coefficient (Wildman–Crippen LogP) is 3.34. The van der Waals surface area contributed by atoms with Crippen molar-refractivity contribution in [2.45, 2.75) is 45.9 Å². The lowest BCUT2D eigenvalue weighted by Crippen LogP contribution is -2.49. The van der Waals surface area contributed by atoms with Gasteiger partial charge in [-0.2, -0.15) is 0 Å². The van der Waals surface area contributed by atoms with E-state index in [1.807, 2.05) is 49.4 Å². The molecule has 1 atom stereocenters. The number of thiophene rings is 1. The van der Waals surface area contributed by atoms with Crippen LogP contribution in [0.15, 0.2) is 42.5 Å². The molecule has 1 aliphatic heterocycles. The normalized spacial score (nSPS) is 15.1. The SMILES string of the molecule is CCOC(=O)CNC(=O)N(CC(=O)N(Cc1ccccc1)Cc1ccc(C)s1)CC1CCCO1. The topological polar surface area (TPSA) is 88.2 Å². The Morgan fingerprint density at radius 3 is 2.56 bits per heavy atom. The molecule has 1 aliphatic rings. The molecule has 34 heavy (non-hydrogen) atoms. The minimum Gasteiger partial charge on any atom is -0.465 e. The van der Waals surface area contributed by atoms with Gasteiger partial charge in [-0.25, -0.2) is 4.79 Å². The number of nitrogens with one attached hydrogen (secondary N) is 1. The van der Waals surface area contributed by atoms with Crippen LogP contribution in [0.2, 0.25) is 0 Å². The molecule has 1 unspecified atom stereocenters. The molecular formula is C25H33N3O5S. The largest absolute Gasteiger partial charge is 0.465 e. The molecule has 1 aromatic carbocycles. The Bertz CT molecular complexity index is 943. The molecule has 9 heteroatoms. The van der Waals surface area contributed by atoms with Gasteiger partial charge < -0.3 is 24.6 Å². The molecule has 0 spiro atoms. The highest BCUT2D eigenvalue weighted by atomic mass is 32.1. The van der Waals surface area contributed by atoms with Crippen LogP contribution in [0, 0.1) is 6.92 Å². The first-order valence-corrected chi connectivity index (χ1v) is 12.4. The second kappa shape index (κ2) is 13.1. The van der Waals surface area contributed by atoms with Crippen molar-refractivity contribution in [1.82, 2.24) is 15.1 Å². The molecule has 2 heterocycles. The zero-order chi connectivity index (χ0) is 24.3. The third-order valence-electron chi connectivity index (χ3n) is 5.46. The van der Waals surface area contributed by atoms with Gasteiger partial charge in [-0.05, 0) is 44.4 Å². The third-order valence-corrected chi connectivity index (χ3v) is 6.45. The van der Waals surface area contributed by atoms with Crippen LogP contribution in [-0.2, 0) is 32.2 Å². The van der Waals surface area contributed by atoms with Crippen LogP contribution in [-0.4, -0.2) is 66.7 Å². The van der Waals surface area contributed by atoms with Crippen LogP contribution in [0.3, 0.4) is 0 Å². The number of urea groups is 1. The highest BCUT2D eigenvalue weighted by Gasteiger charge is 2.27. The first kappa shape index (κ1) is 25.7. The Kier molecular flexibility index (Phi) is 9.90. The van der Waals surface area contributed by atoms with E-state index >= 15 is 0 Å². The van der Waals surface area contributed by atoms with E-state index in [1.165, 1.54) is 9.78 Å². The summed E-state index contributed by atoms with van der Waals surface area (Å²) in [5, 5.41) is 2.58. The van der Waals surface area contributed by atoms with E-state index in [0.29, 0.717) is 19.7 Å². The van der Waals surface area contributed by atoms with Gasteiger partial charge in [0, 0.05) is 29.5 Å². The van der Waals surface area contributed by atoms with Crippen LogP contribution in [0.5, 0.6) is 0 Å². The van der Waals surface area contributed by atoms with Gasteiger partial charge in [0.05, 0.1) is 19.3 Å². The number of aryl methyl sites for hydroxylation is 1. The van der Waals surface area contributed by atoms with E-state index in [4.69, 9.17) is 9.47 Å². The van der Waals surface area contributed by atoms with Crippen molar-refractivity contribution >= 4 is 29.2 Å². The molecule has 1 fully saturated rings. The highest BCUT2D eigenvalue weighted by Crippen LogP contribution is 2.19. The Morgan fingerprint density at radius 1 is 1.12 bits per heavy atom. The van der Waals surface area contributed by atoms with E-state index in [1.54, 1.807) is 23.2 Å². The summed E-state index contributed by atoms with van der Waals surface area (Å²) in [4.78, 5) is 43.5. The van der Waals surface area contributed by atoms with Gasteiger partial charge in [-0.3, -0.25) is 9.59 Å². The maximum atomic E-state index is 13.5. The van der Waals surface area contributed by atoms with Gasteiger partial charge in [0.15, 0.2) is 0 Å². The van der Waals surface area contributed by atoms with E-state index in [-0.39, 0.29) is 38.3 Å². The van der Waals surface area contributed by atoms with Gasteiger partial charge in [0.25, 0.3) is 0 Å². The molecule has 1 N–H and O–H groups in total. The predicted molar refractivity (Wildman–Crippen MR) is 130 cm³/mol. The molecule has 3 amide bonds. The van der Waals surface area contributed by atoms with E-state index < -0.39 is 12.0 Å². The van der Waals surface area contributed by atoms with Crippen LogP contribution < -0.4 is 5.32 Å². The number of benzene rings is 1. The molecule has 8 nitrogen and oxygen atoms in total. The van der Waals surface area contributed by atoms with Crippen molar-refractivity contribution in [3.8, 4) is 0 Å². The second-order valence-corrected chi connectivity index (χ2v) is 9.60. The molecular weight excluding hydrogens is 454 g/mol. The van der Waals surface area contributed by atoms with Gasteiger partial charge >= 0.3 is 12.0 Å². The van der Waals surface area contributed by atoms with Gasteiger partial charge in [0.1, 0.15) is 13.1 Å². The van der Waals surface area contributed by atoms with E-state index in [9.17, 15) is 14.4 Å². The Hall–Kier alpha value is -2.91. The minimum absolute atomic E-state index is 0.105. The van der Waals surface area contributed by atoms with Gasteiger partial charge in [-0.15, -0.1) is 11.3 Å². The lowest BCUT2D eigenvalue weighted by Gasteiger charge is -2.29. The maximum absolute atomic E-state index is 13.5. The molecule has 3 rings (SSSR count). The van der Waals surface area contributed by atoms with Crippen molar-refractivity contribution in [3.63, 3.8) is 0 Å². The summed E-state index contributed by atoms with van der Waals surface area (Å²) in [6.07, 6.45) is 1.64. The number of nitrogens with zero attached hydrogens (tertiary/aromatic N) is 2. The number of ether oxygens (including phenoxy) is 2. The number of hydrogen-bond acceptors (Lipinski definition) is 6. The molecule has 0 bridgehead atoms. The van der Waals surface area contributed by atoms with Crippen molar-refractivity contribution < 1.29 is 23.9 Å². The van der Waals surface area contributed by atoms with Crippen molar-refractivity contribution in [3.05, 3.63) is 57.8 Å². The summed E-state index contributed by atoms with van der Waals surface area (Å²) in [6.45, 7) is 5.47. The van der Waals surface area contributed by atoms with E-state index in [2.05, 4.69) is 5.32 Å². The fourth-order valence-corrected chi connectivity index (χ4v) is 4.69. The summed E-state index contributed by atoms with van der Waals surface area (Å²) in [7, 11) is 0. The van der Waals surface area contributed by atoms with Crippen molar-refractivity contribution in [1.29, 1.82) is 0 Å². The number of amides is 3. The summed E-state index contributed by atoms with van der Waals surface area (Å²) < 4.78 is 10.6. The quantitative estimate of drug-likeness (QED) is 0.491. The Balaban J connectivity index is 1.71. The highest BCUT2D eigenvalue weighted by molar-refractivity contribution is 7.11. The third kappa shape index (κ3) is 8.14. The molecule has 1 aromatic heterocycles. The van der Waals surface area contributed by atoms with Crippen LogP contribution >= 0.6 is 11.3 Å². The van der Waals surface area contributed by atoms with Crippen LogP contribution in [0.1, 0.15) is 35.1 Å². The number of carbonyl (C=O) groups is 3. The lowest BCUT2D eigenvalue weighted by atomic mass is 10.2. The van der Waals surface area contributed by atoms with Crippen molar-refractivity contribution in [2.24, 2.45) is 0 Å². The summed E-state index contributed by atoms with van der Waals surface area (Å²) >= 11 is 1.65. The lowest BCUT2D eigenvalue weighted by molar-refractivity contribution is -0.141. The van der Waals surface area contributed by atoms with Crippen molar-refractivity contribution in [2.75, 3.05) is 32.8 Å². The minimum atomic E-state index is -0.516. The average Bonchev–Trinajstić information content (AvgIpc) is 3.49. The Morgan fingerprint density at radius 2 is 1.91 bits per heavy atom. The summed E-state index contributed by atoms with van der Waals surface area (Å²) in [5.41, 5.74) is 1.02. The fraction of sp³-hybridized carbons (Fsp3) is 0.480. The maximum Gasteiger partial charge on any atom is 0.325 e.